The van der Waals surface area contributed by atoms with Crippen LogP contribution < -0.4 is 5.32 Å². The lowest BCUT2D eigenvalue weighted by molar-refractivity contribution is 0.337. The first-order valence-corrected chi connectivity index (χ1v) is 8.40. The molecule has 1 rings (SSSR count). The Balaban J connectivity index is 2.98. The van der Waals surface area contributed by atoms with Gasteiger partial charge in [0.2, 0.25) is 0 Å². The predicted octanol–water partition coefficient (Wildman–Crippen LogP) is 4.33. The number of aryl methyl sites for hydroxylation is 2. The average molecular weight is 293 g/mol. The minimum absolute atomic E-state index is 0.142. The van der Waals surface area contributed by atoms with E-state index in [1.807, 2.05) is 0 Å². The molecule has 3 nitrogen and oxygen atoms in total. The fraction of sp³-hybridized carbons (Fsp3) is 0.833. The fourth-order valence-electron chi connectivity index (χ4n) is 2.45. The molecule has 0 atom stereocenters. The number of hydrogen-bond donors (Lipinski definition) is 1. The molecule has 122 valence electrons. The van der Waals surface area contributed by atoms with Gasteiger partial charge in [0.15, 0.2) is 0 Å². The lowest BCUT2D eigenvalue weighted by Crippen LogP contribution is -2.35. The molecule has 0 fully saturated rings. The Morgan fingerprint density at radius 2 is 1.62 bits per heavy atom. The number of hydrogen-bond acceptors (Lipinski definition) is 2. The van der Waals surface area contributed by atoms with E-state index in [2.05, 4.69) is 65.4 Å². The smallest absolute Gasteiger partial charge is 0.0669 e. The van der Waals surface area contributed by atoms with E-state index in [9.17, 15) is 0 Å². The van der Waals surface area contributed by atoms with Crippen molar-refractivity contribution in [2.45, 2.75) is 93.3 Å². The third kappa shape index (κ3) is 5.82. The highest BCUT2D eigenvalue weighted by Crippen LogP contribution is 2.22. The second kappa shape index (κ2) is 6.95. The van der Waals surface area contributed by atoms with Gasteiger partial charge in [-0.15, -0.1) is 0 Å². The second-order valence-corrected chi connectivity index (χ2v) is 8.22. The summed E-state index contributed by atoms with van der Waals surface area (Å²) in [6, 6.07) is 0. The molecule has 0 amide bonds. The number of aromatic nitrogens is 2. The topological polar surface area (TPSA) is 29.9 Å². The highest BCUT2D eigenvalue weighted by atomic mass is 15.3. The Hall–Kier alpha value is -0.830. The van der Waals surface area contributed by atoms with E-state index in [1.165, 1.54) is 17.0 Å². The maximum absolute atomic E-state index is 4.88. The van der Waals surface area contributed by atoms with Crippen LogP contribution in [0.3, 0.4) is 0 Å². The van der Waals surface area contributed by atoms with Gasteiger partial charge in [0, 0.05) is 29.9 Å². The van der Waals surface area contributed by atoms with Crippen molar-refractivity contribution in [3.8, 4) is 0 Å². The maximum atomic E-state index is 4.88. The van der Waals surface area contributed by atoms with Crippen molar-refractivity contribution in [1.82, 2.24) is 15.1 Å². The van der Waals surface area contributed by atoms with E-state index in [4.69, 9.17) is 5.10 Å². The molecule has 3 heteroatoms. The summed E-state index contributed by atoms with van der Waals surface area (Å²) in [6.07, 6.45) is 3.23. The normalized spacial score (nSPS) is 13.0. The van der Waals surface area contributed by atoms with Crippen molar-refractivity contribution in [2.24, 2.45) is 5.41 Å². The van der Waals surface area contributed by atoms with Gasteiger partial charge in [-0.05, 0) is 45.4 Å². The first-order chi connectivity index (χ1) is 9.57. The molecule has 0 saturated heterocycles. The van der Waals surface area contributed by atoms with Crippen molar-refractivity contribution in [3.63, 3.8) is 0 Å². The van der Waals surface area contributed by atoms with Gasteiger partial charge in [0.25, 0.3) is 0 Å². The van der Waals surface area contributed by atoms with Crippen LogP contribution in [-0.2, 0) is 25.9 Å². The SMILES string of the molecule is CCc1nn(CCC(C)(C)C)c(CC)c1CNC(C)(C)C. The van der Waals surface area contributed by atoms with Gasteiger partial charge < -0.3 is 5.32 Å². The molecule has 0 radical (unpaired) electrons. The van der Waals surface area contributed by atoms with Gasteiger partial charge in [-0.2, -0.15) is 5.10 Å². The highest BCUT2D eigenvalue weighted by molar-refractivity contribution is 5.27. The van der Waals surface area contributed by atoms with Crippen LogP contribution >= 0.6 is 0 Å². The summed E-state index contributed by atoms with van der Waals surface area (Å²) in [5.74, 6) is 0. The molecular formula is C18H35N3. The van der Waals surface area contributed by atoms with E-state index in [0.717, 1.165) is 32.4 Å². The van der Waals surface area contributed by atoms with E-state index < -0.39 is 0 Å². The molecular weight excluding hydrogens is 258 g/mol. The van der Waals surface area contributed by atoms with Crippen LogP contribution in [0.4, 0.5) is 0 Å². The van der Waals surface area contributed by atoms with Crippen molar-refractivity contribution in [1.29, 1.82) is 0 Å². The zero-order valence-corrected chi connectivity index (χ0v) is 15.4. The van der Waals surface area contributed by atoms with Gasteiger partial charge in [-0.25, -0.2) is 0 Å². The summed E-state index contributed by atoms with van der Waals surface area (Å²) in [4.78, 5) is 0. The van der Waals surface area contributed by atoms with Gasteiger partial charge in [-0.3, -0.25) is 4.68 Å². The standard InChI is InChI=1S/C18H35N3/c1-9-15-14(13-19-18(6,7)8)16(10-2)21(20-15)12-11-17(3,4)5/h19H,9-13H2,1-8H3. The minimum Gasteiger partial charge on any atom is -0.308 e. The molecule has 0 spiro atoms. The van der Waals surface area contributed by atoms with Crippen molar-refractivity contribution in [2.75, 3.05) is 0 Å². The number of rotatable bonds is 6. The van der Waals surface area contributed by atoms with Crippen LogP contribution in [0.15, 0.2) is 0 Å². The Bertz CT molecular complexity index is 444. The molecule has 1 aromatic rings. The van der Waals surface area contributed by atoms with Crippen LogP contribution in [0.25, 0.3) is 0 Å². The zero-order chi connectivity index (χ0) is 16.3. The Morgan fingerprint density at radius 1 is 1.00 bits per heavy atom. The first kappa shape index (κ1) is 18.2. The Labute approximate surface area is 131 Å². The molecule has 1 aromatic heterocycles. The second-order valence-electron chi connectivity index (χ2n) is 8.22. The van der Waals surface area contributed by atoms with E-state index >= 15 is 0 Å². The maximum Gasteiger partial charge on any atom is 0.0669 e. The first-order valence-electron chi connectivity index (χ1n) is 8.40. The van der Waals surface area contributed by atoms with Gasteiger partial charge in [0.1, 0.15) is 0 Å². The lowest BCUT2D eigenvalue weighted by atomic mass is 9.92. The summed E-state index contributed by atoms with van der Waals surface area (Å²) in [5, 5.41) is 8.50. The third-order valence-corrected chi connectivity index (χ3v) is 3.79. The van der Waals surface area contributed by atoms with Crippen molar-refractivity contribution >= 4 is 0 Å². The van der Waals surface area contributed by atoms with Gasteiger partial charge >= 0.3 is 0 Å². The van der Waals surface area contributed by atoms with Crippen LogP contribution in [0.1, 0.15) is 78.8 Å². The average Bonchev–Trinajstić information content (AvgIpc) is 2.69. The summed E-state index contributed by atoms with van der Waals surface area (Å²) >= 11 is 0. The Kier molecular flexibility index (Phi) is 6.03. The molecule has 1 heterocycles. The fourth-order valence-corrected chi connectivity index (χ4v) is 2.45. The minimum atomic E-state index is 0.142. The summed E-state index contributed by atoms with van der Waals surface area (Å²) in [5.41, 5.74) is 4.59. The lowest BCUT2D eigenvalue weighted by Gasteiger charge is -2.21. The van der Waals surface area contributed by atoms with Crippen LogP contribution in [0.2, 0.25) is 0 Å². The van der Waals surface area contributed by atoms with E-state index in [-0.39, 0.29) is 5.54 Å². The summed E-state index contributed by atoms with van der Waals surface area (Å²) < 4.78 is 2.25. The number of nitrogens with zero attached hydrogens (tertiary/aromatic N) is 2. The molecule has 0 aliphatic carbocycles. The van der Waals surface area contributed by atoms with Crippen molar-refractivity contribution < 1.29 is 0 Å². The van der Waals surface area contributed by atoms with Crippen molar-refractivity contribution in [3.05, 3.63) is 17.0 Å². The molecule has 0 bridgehead atoms. The van der Waals surface area contributed by atoms with Gasteiger partial charge in [-0.1, -0.05) is 34.6 Å². The monoisotopic (exact) mass is 293 g/mol. The third-order valence-electron chi connectivity index (χ3n) is 3.79. The van der Waals surface area contributed by atoms with Crippen LogP contribution in [0, 0.1) is 5.41 Å². The quantitative estimate of drug-likeness (QED) is 0.846. The highest BCUT2D eigenvalue weighted by Gasteiger charge is 2.19. The molecule has 1 N–H and O–H groups in total. The van der Waals surface area contributed by atoms with Crippen LogP contribution in [-0.4, -0.2) is 15.3 Å². The van der Waals surface area contributed by atoms with Crippen LogP contribution in [0.5, 0.6) is 0 Å². The summed E-state index contributed by atoms with van der Waals surface area (Å²) in [7, 11) is 0. The molecule has 21 heavy (non-hydrogen) atoms. The van der Waals surface area contributed by atoms with E-state index in [1.54, 1.807) is 0 Å². The molecule has 0 saturated carbocycles. The molecule has 0 aromatic carbocycles. The molecule has 0 unspecified atom stereocenters. The molecule has 0 aliphatic rings. The largest absolute Gasteiger partial charge is 0.308 e. The van der Waals surface area contributed by atoms with E-state index in [0.29, 0.717) is 5.41 Å². The van der Waals surface area contributed by atoms with Gasteiger partial charge in [0.05, 0.1) is 5.69 Å². The predicted molar refractivity (Wildman–Crippen MR) is 91.6 cm³/mol. The Morgan fingerprint density at radius 3 is 2.05 bits per heavy atom. The summed E-state index contributed by atoms with van der Waals surface area (Å²) in [6.45, 7) is 19.9. The number of nitrogens with one attached hydrogen (secondary N) is 1. The zero-order valence-electron chi connectivity index (χ0n) is 15.4. The molecule has 0 aliphatic heterocycles.